The molecule has 1 aromatic heterocycles. The van der Waals surface area contributed by atoms with Crippen LogP contribution in [0.2, 0.25) is 0 Å². The van der Waals surface area contributed by atoms with E-state index in [2.05, 4.69) is 32.4 Å². The van der Waals surface area contributed by atoms with Crippen LogP contribution in [0.25, 0.3) is 0 Å². The van der Waals surface area contributed by atoms with Crippen molar-refractivity contribution >= 4 is 28.1 Å². The Morgan fingerprint density at radius 1 is 1.41 bits per heavy atom. The number of rotatable bonds is 3. The van der Waals surface area contributed by atoms with Gasteiger partial charge in [-0.15, -0.1) is 11.3 Å². The number of aromatic nitrogens is 1. The maximum Gasteiger partial charge on any atom is 0.223 e. The molecule has 29 heavy (non-hydrogen) atoms. The van der Waals surface area contributed by atoms with E-state index >= 15 is 0 Å². The summed E-state index contributed by atoms with van der Waals surface area (Å²) in [5, 5.41) is 6.62. The van der Waals surface area contributed by atoms with Crippen LogP contribution in [0.4, 0.5) is 15.2 Å². The van der Waals surface area contributed by atoms with Crippen molar-refractivity contribution in [2.45, 2.75) is 39.2 Å². The van der Waals surface area contributed by atoms with Gasteiger partial charge in [0.15, 0.2) is 5.13 Å². The Morgan fingerprint density at radius 2 is 2.24 bits per heavy atom. The molecule has 0 atom stereocenters. The van der Waals surface area contributed by atoms with E-state index in [-0.39, 0.29) is 11.7 Å². The van der Waals surface area contributed by atoms with Crippen molar-refractivity contribution < 1.29 is 9.18 Å². The van der Waals surface area contributed by atoms with Gasteiger partial charge in [0.1, 0.15) is 5.82 Å². The summed E-state index contributed by atoms with van der Waals surface area (Å²) in [6.07, 6.45) is 5.86. The lowest BCUT2D eigenvalue weighted by Crippen LogP contribution is -2.32. The maximum atomic E-state index is 14.3. The van der Waals surface area contributed by atoms with Gasteiger partial charge in [-0.05, 0) is 56.5 Å². The average Bonchev–Trinajstić information content (AvgIpc) is 3.13. The predicted molar refractivity (Wildman–Crippen MR) is 115 cm³/mol. The van der Waals surface area contributed by atoms with Crippen molar-refractivity contribution in [3.05, 3.63) is 40.2 Å². The average molecular weight is 413 g/mol. The Kier molecular flexibility index (Phi) is 6.12. The molecule has 152 valence electrons. The van der Waals surface area contributed by atoms with E-state index in [1.54, 1.807) is 6.07 Å². The molecule has 5 nitrogen and oxygen atoms in total. The molecule has 2 aromatic rings. The number of thiazole rings is 1. The van der Waals surface area contributed by atoms with Crippen LogP contribution in [0, 0.1) is 23.6 Å². The number of nitrogens with zero attached hydrogens (tertiary/aromatic N) is 2. The van der Waals surface area contributed by atoms with Gasteiger partial charge in [-0.25, -0.2) is 9.37 Å². The maximum absolute atomic E-state index is 14.3. The normalized spacial score (nSPS) is 17.0. The third-order valence-corrected chi connectivity index (χ3v) is 6.24. The third-order valence-electron chi connectivity index (χ3n) is 5.35. The molecule has 0 unspecified atom stereocenters. The molecule has 0 radical (unpaired) electrons. The predicted octanol–water partition coefficient (Wildman–Crippen LogP) is 3.86. The van der Waals surface area contributed by atoms with Gasteiger partial charge in [-0.3, -0.25) is 9.69 Å². The smallest absolute Gasteiger partial charge is 0.223 e. The highest BCUT2D eigenvalue weighted by Gasteiger charge is 2.19. The van der Waals surface area contributed by atoms with E-state index in [4.69, 9.17) is 0 Å². The summed E-state index contributed by atoms with van der Waals surface area (Å²) in [5.41, 5.74) is 2.60. The van der Waals surface area contributed by atoms with Crippen molar-refractivity contribution in [2.24, 2.45) is 5.92 Å². The molecule has 1 saturated heterocycles. The lowest BCUT2D eigenvalue weighted by atomic mass is 9.96. The minimum Gasteiger partial charge on any atom is -0.385 e. The van der Waals surface area contributed by atoms with Crippen molar-refractivity contribution in [3.8, 4) is 11.8 Å². The molecular formula is C22H25FN4OS. The second kappa shape index (κ2) is 8.93. The lowest BCUT2D eigenvalue weighted by Gasteiger charge is -2.29. The largest absolute Gasteiger partial charge is 0.385 e. The van der Waals surface area contributed by atoms with E-state index in [9.17, 15) is 9.18 Å². The Bertz CT molecular complexity index is 953. The molecule has 2 N–H and O–H groups in total. The van der Waals surface area contributed by atoms with Crippen LogP contribution in [0.3, 0.4) is 0 Å². The summed E-state index contributed by atoms with van der Waals surface area (Å²) in [7, 11) is 0. The molecule has 0 saturated carbocycles. The summed E-state index contributed by atoms with van der Waals surface area (Å²) in [6.45, 7) is 5.16. The first kappa shape index (κ1) is 19.9. The number of hydrogen-bond acceptors (Lipinski definition) is 5. The molecule has 2 aliphatic heterocycles. The van der Waals surface area contributed by atoms with Crippen molar-refractivity contribution in [3.63, 3.8) is 0 Å². The second-order valence-electron chi connectivity index (χ2n) is 7.65. The second-order valence-corrected chi connectivity index (χ2v) is 8.77. The van der Waals surface area contributed by atoms with Crippen LogP contribution < -0.4 is 10.6 Å². The number of carbonyl (C=O) groups excluding carboxylic acids is 1. The van der Waals surface area contributed by atoms with Crippen molar-refractivity contribution in [1.29, 1.82) is 0 Å². The molecule has 0 spiro atoms. The number of hydrogen-bond donors (Lipinski definition) is 2. The summed E-state index contributed by atoms with van der Waals surface area (Å²) >= 11 is 1.52. The first-order chi connectivity index (χ1) is 14.1. The quantitative estimate of drug-likeness (QED) is 0.752. The van der Waals surface area contributed by atoms with Crippen LogP contribution in [0.1, 0.15) is 42.2 Å². The Hall–Kier alpha value is -2.43. The van der Waals surface area contributed by atoms with E-state index in [0.29, 0.717) is 16.6 Å². The number of halogens is 1. The first-order valence-electron chi connectivity index (χ1n) is 10.1. The number of fused-ring (bicyclic) bond motifs is 1. The number of aryl methyl sites for hydroxylation is 1. The fourth-order valence-corrected chi connectivity index (χ4v) is 4.71. The van der Waals surface area contributed by atoms with Gasteiger partial charge in [0.25, 0.3) is 0 Å². The van der Waals surface area contributed by atoms with Crippen LogP contribution >= 0.6 is 11.3 Å². The van der Waals surface area contributed by atoms with Gasteiger partial charge < -0.3 is 10.6 Å². The fraction of sp³-hybridized carbons (Fsp3) is 0.455. The number of amides is 1. The van der Waals surface area contributed by atoms with Gasteiger partial charge >= 0.3 is 0 Å². The molecule has 3 heterocycles. The fourth-order valence-electron chi connectivity index (χ4n) is 3.81. The number of anilines is 2. The van der Waals surface area contributed by atoms with E-state index in [1.807, 2.05) is 12.3 Å². The highest BCUT2D eigenvalue weighted by Crippen LogP contribution is 2.26. The van der Waals surface area contributed by atoms with Gasteiger partial charge in [0.2, 0.25) is 5.91 Å². The molecule has 1 aromatic carbocycles. The Labute approximate surface area is 174 Å². The zero-order valence-corrected chi connectivity index (χ0v) is 17.4. The number of piperidine rings is 1. The highest BCUT2D eigenvalue weighted by molar-refractivity contribution is 7.15. The minimum atomic E-state index is -0.233. The summed E-state index contributed by atoms with van der Waals surface area (Å²) in [6, 6.07) is 3.50. The first-order valence-corrected chi connectivity index (χ1v) is 10.9. The van der Waals surface area contributed by atoms with Crippen LogP contribution in [-0.4, -0.2) is 35.4 Å². The summed E-state index contributed by atoms with van der Waals surface area (Å²) < 4.78 is 14.3. The highest BCUT2D eigenvalue weighted by atomic mass is 32.1. The van der Waals surface area contributed by atoms with Crippen LogP contribution in [0.15, 0.2) is 18.3 Å². The van der Waals surface area contributed by atoms with Gasteiger partial charge in [-0.1, -0.05) is 11.8 Å². The Morgan fingerprint density at radius 3 is 3.03 bits per heavy atom. The standard InChI is InChI=1S/C22H25FN4OS/c1-15(28)26-22-25-13-19(29-22)14-27-9-6-16(7-10-27)4-5-17-11-18-3-2-8-24-21(18)12-20(17)23/h11-13,16,24H,2-3,6-10,14H2,1H3,(H,25,26,28). The van der Waals surface area contributed by atoms with E-state index in [1.165, 1.54) is 23.8 Å². The van der Waals surface area contributed by atoms with Gasteiger partial charge in [-0.2, -0.15) is 0 Å². The van der Waals surface area contributed by atoms with E-state index in [0.717, 1.165) is 62.4 Å². The molecule has 7 heteroatoms. The minimum absolute atomic E-state index is 0.100. The number of nitrogens with one attached hydrogen (secondary N) is 2. The molecular weight excluding hydrogens is 387 g/mol. The van der Waals surface area contributed by atoms with Crippen molar-refractivity contribution in [1.82, 2.24) is 9.88 Å². The Balaban J connectivity index is 1.32. The molecule has 1 amide bonds. The molecule has 2 aliphatic rings. The topological polar surface area (TPSA) is 57.3 Å². The lowest BCUT2D eigenvalue weighted by molar-refractivity contribution is -0.114. The molecule has 1 fully saturated rings. The van der Waals surface area contributed by atoms with Crippen LogP contribution in [-0.2, 0) is 17.8 Å². The SMILES string of the molecule is CC(=O)Nc1ncc(CN2CCC(C#Cc3cc4c(cc3F)NCCC4)CC2)s1. The number of likely N-dealkylation sites (tertiary alicyclic amines) is 1. The van der Waals surface area contributed by atoms with Gasteiger partial charge in [0.05, 0.1) is 5.56 Å². The molecule has 0 bridgehead atoms. The van der Waals surface area contributed by atoms with Crippen molar-refractivity contribution in [2.75, 3.05) is 30.3 Å². The number of carbonyl (C=O) groups is 1. The van der Waals surface area contributed by atoms with Gasteiger partial charge in [0, 0.05) is 42.7 Å². The molecule has 4 rings (SSSR count). The van der Waals surface area contributed by atoms with E-state index < -0.39 is 0 Å². The molecule has 0 aliphatic carbocycles. The summed E-state index contributed by atoms with van der Waals surface area (Å²) in [5.74, 6) is 6.37. The number of benzene rings is 1. The zero-order valence-electron chi connectivity index (χ0n) is 16.6. The third kappa shape index (κ3) is 5.14. The monoisotopic (exact) mass is 412 g/mol. The zero-order chi connectivity index (χ0) is 20.2. The summed E-state index contributed by atoms with van der Waals surface area (Å²) in [4.78, 5) is 18.9. The van der Waals surface area contributed by atoms with Crippen LogP contribution in [0.5, 0.6) is 0 Å².